The van der Waals surface area contributed by atoms with Crippen molar-refractivity contribution in [1.82, 2.24) is 14.5 Å². The number of benzene rings is 1. The molecule has 8 heteroatoms. The van der Waals surface area contributed by atoms with E-state index in [9.17, 15) is 13.2 Å². The van der Waals surface area contributed by atoms with Crippen molar-refractivity contribution in [2.24, 2.45) is 0 Å². The molecule has 0 bridgehead atoms. The number of likely N-dealkylation sites (tertiary alicyclic amines) is 2. The molecule has 1 amide bonds. The maximum absolute atomic E-state index is 13.1. The molecule has 2 heterocycles. The van der Waals surface area contributed by atoms with Gasteiger partial charge in [-0.3, -0.25) is 9.69 Å². The molecule has 2 aliphatic heterocycles. The van der Waals surface area contributed by atoms with Crippen LogP contribution in [0.3, 0.4) is 0 Å². The molecule has 162 valence electrons. The summed E-state index contributed by atoms with van der Waals surface area (Å²) < 4.78 is 28.0. The minimum absolute atomic E-state index is 0.118. The average Bonchev–Trinajstić information content (AvgIpc) is 2.73. The van der Waals surface area contributed by atoms with Gasteiger partial charge in [0.1, 0.15) is 0 Å². The SMILES string of the molecule is CCC1CCCCN1C(=O)C(C)N1CCC(NS(=O)(=O)c2ccc(Cl)cc2)CC1. The lowest BCUT2D eigenvalue weighted by Gasteiger charge is -2.41. The van der Waals surface area contributed by atoms with E-state index in [1.54, 1.807) is 12.1 Å². The van der Waals surface area contributed by atoms with Gasteiger partial charge >= 0.3 is 0 Å². The third kappa shape index (κ3) is 5.51. The highest BCUT2D eigenvalue weighted by Gasteiger charge is 2.33. The van der Waals surface area contributed by atoms with E-state index >= 15 is 0 Å². The number of nitrogens with one attached hydrogen (secondary N) is 1. The predicted octanol–water partition coefficient (Wildman–Crippen LogP) is 3.26. The van der Waals surface area contributed by atoms with Crippen LogP contribution in [0.4, 0.5) is 0 Å². The van der Waals surface area contributed by atoms with Crippen LogP contribution in [0.2, 0.25) is 5.02 Å². The standard InChI is InChI=1S/C21H32ClN3O3S/c1-3-19-6-4-5-13-25(19)21(26)16(2)24-14-11-18(12-15-24)23-29(27,28)20-9-7-17(22)8-10-20/h7-10,16,18-19,23H,3-6,11-15H2,1-2H3. The van der Waals surface area contributed by atoms with Gasteiger partial charge in [-0.25, -0.2) is 13.1 Å². The molecule has 2 saturated heterocycles. The first-order valence-corrected chi connectivity index (χ1v) is 12.5. The molecule has 1 aromatic rings. The summed E-state index contributed by atoms with van der Waals surface area (Å²) in [5, 5.41) is 0.509. The van der Waals surface area contributed by atoms with E-state index in [-0.39, 0.29) is 22.9 Å². The van der Waals surface area contributed by atoms with Gasteiger partial charge in [0, 0.05) is 36.7 Å². The molecule has 2 fully saturated rings. The Balaban J connectivity index is 1.54. The topological polar surface area (TPSA) is 69.7 Å². The van der Waals surface area contributed by atoms with Crippen molar-refractivity contribution < 1.29 is 13.2 Å². The fourth-order valence-corrected chi connectivity index (χ4v) is 5.85. The molecule has 1 N–H and O–H groups in total. The Morgan fingerprint density at radius 2 is 1.79 bits per heavy atom. The molecule has 2 aliphatic rings. The number of amides is 1. The molecule has 0 spiro atoms. The molecule has 0 radical (unpaired) electrons. The van der Waals surface area contributed by atoms with Gasteiger partial charge in [0.05, 0.1) is 10.9 Å². The number of nitrogens with zero attached hydrogens (tertiary/aromatic N) is 2. The van der Waals surface area contributed by atoms with Crippen molar-refractivity contribution in [3.8, 4) is 0 Å². The summed E-state index contributed by atoms with van der Waals surface area (Å²) in [6.45, 7) is 6.43. The summed E-state index contributed by atoms with van der Waals surface area (Å²) in [6, 6.07) is 6.28. The molecule has 0 aromatic heterocycles. The maximum Gasteiger partial charge on any atom is 0.240 e. The zero-order chi connectivity index (χ0) is 21.0. The minimum Gasteiger partial charge on any atom is -0.338 e. The van der Waals surface area contributed by atoms with Gasteiger partial charge in [0.15, 0.2) is 0 Å². The third-order valence-electron chi connectivity index (χ3n) is 6.26. The van der Waals surface area contributed by atoms with Gasteiger partial charge < -0.3 is 4.90 Å². The van der Waals surface area contributed by atoms with E-state index in [0.717, 1.165) is 25.8 Å². The number of carbonyl (C=O) groups excluding carboxylic acids is 1. The minimum atomic E-state index is -3.56. The number of halogens is 1. The largest absolute Gasteiger partial charge is 0.338 e. The number of hydrogen-bond donors (Lipinski definition) is 1. The lowest BCUT2D eigenvalue weighted by Crippen LogP contribution is -2.55. The molecule has 2 unspecified atom stereocenters. The second-order valence-electron chi connectivity index (χ2n) is 8.15. The van der Waals surface area contributed by atoms with E-state index in [4.69, 9.17) is 11.6 Å². The van der Waals surface area contributed by atoms with Crippen molar-refractivity contribution in [2.45, 2.75) is 75.4 Å². The predicted molar refractivity (Wildman–Crippen MR) is 115 cm³/mol. The molecule has 2 atom stereocenters. The first-order chi connectivity index (χ1) is 13.8. The summed E-state index contributed by atoms with van der Waals surface area (Å²) >= 11 is 5.85. The first-order valence-electron chi connectivity index (χ1n) is 10.6. The van der Waals surface area contributed by atoms with E-state index in [0.29, 0.717) is 37.0 Å². The molecule has 29 heavy (non-hydrogen) atoms. The van der Waals surface area contributed by atoms with E-state index < -0.39 is 10.0 Å². The van der Waals surface area contributed by atoms with Crippen molar-refractivity contribution >= 4 is 27.5 Å². The Labute approximate surface area is 179 Å². The van der Waals surface area contributed by atoms with Crippen LogP contribution < -0.4 is 4.72 Å². The molecule has 6 nitrogen and oxygen atoms in total. The average molecular weight is 442 g/mol. The molecular weight excluding hydrogens is 410 g/mol. The third-order valence-corrected chi connectivity index (χ3v) is 8.05. The Morgan fingerprint density at radius 3 is 2.41 bits per heavy atom. The second-order valence-corrected chi connectivity index (χ2v) is 10.3. The van der Waals surface area contributed by atoms with E-state index in [2.05, 4.69) is 21.4 Å². The number of piperidine rings is 2. The van der Waals surface area contributed by atoms with Crippen molar-refractivity contribution in [3.05, 3.63) is 29.3 Å². The van der Waals surface area contributed by atoms with Gasteiger partial charge in [-0.05, 0) is 69.7 Å². The first kappa shape index (κ1) is 22.5. The van der Waals surface area contributed by atoms with Crippen molar-refractivity contribution in [1.29, 1.82) is 0 Å². The second kappa shape index (κ2) is 9.77. The zero-order valence-corrected chi connectivity index (χ0v) is 18.9. The van der Waals surface area contributed by atoms with Crippen LogP contribution in [-0.2, 0) is 14.8 Å². The van der Waals surface area contributed by atoms with Crippen LogP contribution in [-0.4, -0.2) is 61.9 Å². The van der Waals surface area contributed by atoms with Crippen LogP contribution in [0.1, 0.15) is 52.4 Å². The van der Waals surface area contributed by atoms with E-state index in [1.165, 1.54) is 18.6 Å². The van der Waals surface area contributed by atoms with Crippen LogP contribution in [0, 0.1) is 0 Å². The van der Waals surface area contributed by atoms with Crippen molar-refractivity contribution in [2.75, 3.05) is 19.6 Å². The van der Waals surface area contributed by atoms with Gasteiger partial charge in [-0.2, -0.15) is 0 Å². The maximum atomic E-state index is 13.1. The number of rotatable bonds is 6. The van der Waals surface area contributed by atoms with Gasteiger partial charge in [-0.1, -0.05) is 18.5 Å². The normalized spacial score (nSPS) is 23.1. The highest BCUT2D eigenvalue weighted by atomic mass is 35.5. The summed E-state index contributed by atoms with van der Waals surface area (Å²) in [7, 11) is -3.56. The highest BCUT2D eigenvalue weighted by Crippen LogP contribution is 2.23. The Hall–Kier alpha value is -1.15. The van der Waals surface area contributed by atoms with Crippen molar-refractivity contribution in [3.63, 3.8) is 0 Å². The Bertz CT molecular complexity index is 792. The summed E-state index contributed by atoms with van der Waals surface area (Å²) in [6.07, 6.45) is 5.79. The van der Waals surface area contributed by atoms with E-state index in [1.807, 2.05) is 6.92 Å². The summed E-state index contributed by atoms with van der Waals surface area (Å²) in [4.78, 5) is 17.5. The number of carbonyl (C=O) groups is 1. The van der Waals surface area contributed by atoms with Gasteiger partial charge in [-0.15, -0.1) is 0 Å². The molecular formula is C21H32ClN3O3S. The number of hydrogen-bond acceptors (Lipinski definition) is 4. The molecule has 1 aromatic carbocycles. The number of sulfonamides is 1. The van der Waals surface area contributed by atoms with Crippen LogP contribution >= 0.6 is 11.6 Å². The quantitative estimate of drug-likeness (QED) is 0.735. The summed E-state index contributed by atoms with van der Waals surface area (Å²) in [5.74, 6) is 0.219. The summed E-state index contributed by atoms with van der Waals surface area (Å²) in [5.41, 5.74) is 0. The van der Waals surface area contributed by atoms with Crippen LogP contribution in [0.15, 0.2) is 29.2 Å². The zero-order valence-electron chi connectivity index (χ0n) is 17.3. The van der Waals surface area contributed by atoms with Crippen LogP contribution in [0.5, 0.6) is 0 Å². The van der Waals surface area contributed by atoms with Gasteiger partial charge in [0.2, 0.25) is 15.9 Å². The molecule has 3 rings (SSSR count). The lowest BCUT2D eigenvalue weighted by molar-refractivity contribution is -0.140. The van der Waals surface area contributed by atoms with Gasteiger partial charge in [0.25, 0.3) is 0 Å². The Kier molecular flexibility index (Phi) is 7.59. The lowest BCUT2D eigenvalue weighted by atomic mass is 9.98. The fourth-order valence-electron chi connectivity index (χ4n) is 4.42. The highest BCUT2D eigenvalue weighted by molar-refractivity contribution is 7.89. The fraction of sp³-hybridized carbons (Fsp3) is 0.667. The molecule has 0 aliphatic carbocycles. The van der Waals surface area contributed by atoms with Crippen LogP contribution in [0.25, 0.3) is 0 Å². The molecule has 0 saturated carbocycles. The Morgan fingerprint density at radius 1 is 1.14 bits per heavy atom. The smallest absolute Gasteiger partial charge is 0.240 e. The monoisotopic (exact) mass is 441 g/mol.